The van der Waals surface area contributed by atoms with Crippen molar-refractivity contribution in [3.05, 3.63) is 98.1 Å². The molecule has 1 aliphatic heterocycles. The fourth-order valence-corrected chi connectivity index (χ4v) is 11.0. The minimum Gasteiger partial charge on any atom is -0.361 e. The van der Waals surface area contributed by atoms with E-state index in [1.54, 1.807) is 18.9 Å². The maximum absolute atomic E-state index is 12.8. The summed E-state index contributed by atoms with van der Waals surface area (Å²) in [6, 6.07) is 24.9. The number of benzene rings is 2. The standard InChI is InChI=1S/C27H35N7O3SSi.C20H24N4OSi.CH4S.2CH4.BH.U/c1-31(2)38(35,36)33-17-27(18-33,11-12-28)34-16-23(21-8-6-7-9-24(21)34)25-22-10-13-32(26(22)30-19-29-25)20-37-14-15-39(3,4)5;1-26(2,3)11-10-25-14-24-9-8-16-19(22-13-23-20(16)24)17-12-21-18-7-5-4-6-15(17)18;1-2;;;;/h6-10,13,16,19H,11,14-15,17-18,20H2,1-5H3;4-9,12-13,21H,10-11,14H2,1-3H3;2H,1H3;2*1H4;1H;/i;;;;;1D;. The van der Waals surface area contributed by atoms with Crippen LogP contribution < -0.4 is 0 Å². The van der Waals surface area contributed by atoms with Gasteiger partial charge in [0.2, 0.25) is 0 Å². The predicted octanol–water partition coefficient (Wildman–Crippen LogP) is 10.2. The van der Waals surface area contributed by atoms with Gasteiger partial charge in [0.15, 0.2) is 0 Å². The number of para-hydroxylation sites is 2. The van der Waals surface area contributed by atoms with Gasteiger partial charge in [-0.1, -0.05) is 90.5 Å². The maximum atomic E-state index is 12.8. The second-order valence-corrected chi connectivity index (χ2v) is 32.9. The van der Waals surface area contributed by atoms with Crippen LogP contribution in [0.5, 0.6) is 0 Å². The number of aromatic nitrogens is 8. The van der Waals surface area contributed by atoms with Crippen molar-refractivity contribution in [1.82, 2.24) is 47.2 Å². The van der Waals surface area contributed by atoms with Crippen LogP contribution in [0.25, 0.3) is 66.4 Å². The molecule has 378 valence electrons. The number of hydrogen-bond acceptors (Lipinski definition) is 10. The van der Waals surface area contributed by atoms with Crippen LogP contribution in [0.2, 0.25) is 51.4 Å². The third-order valence-electron chi connectivity index (χ3n) is 12.0. The molecule has 2 radical (unpaired) electrons. The summed E-state index contributed by atoms with van der Waals surface area (Å²) in [5.74, 6) is 0. The number of nitrogens with zero attached hydrogens (tertiary/aromatic N) is 10. The van der Waals surface area contributed by atoms with E-state index < -0.39 is 31.9 Å². The van der Waals surface area contributed by atoms with Crippen molar-refractivity contribution < 1.29 is 49.0 Å². The Bertz CT molecular complexity index is 3140. The SMILES string of the molecule is C.C.CN(C)S(=O)(=O)N1CC(CC#N)(n2cc(-c3ncnc4c3ccn4COCC[Si](C)(C)C)c3ccccc32)C1.CS.C[Si](C)(C)CCOCn1ccc2c(-c3c[nH]c4ccccc34)ncnc21.[2H][B].[U]. The van der Waals surface area contributed by atoms with E-state index in [0.29, 0.717) is 13.5 Å². The Morgan fingerprint density at radius 1 is 0.775 bits per heavy atom. The molecule has 1 N–H and O–H groups in total. The Hall–Kier alpha value is -4.06. The largest absolute Gasteiger partial charge is 0.361 e. The molecule has 21 heteroatoms. The van der Waals surface area contributed by atoms with Crippen molar-refractivity contribution in [1.29, 1.82) is 6.60 Å². The van der Waals surface area contributed by atoms with Gasteiger partial charge in [0.25, 0.3) is 10.2 Å². The fourth-order valence-electron chi connectivity index (χ4n) is 8.26. The van der Waals surface area contributed by atoms with Gasteiger partial charge in [-0.05, 0) is 43.9 Å². The molecule has 0 aliphatic carbocycles. The van der Waals surface area contributed by atoms with E-state index in [-0.39, 0.29) is 65.5 Å². The first-order valence-corrected chi connectivity index (χ1v) is 32.1. The van der Waals surface area contributed by atoms with Crippen molar-refractivity contribution in [2.45, 2.75) is 91.6 Å². The van der Waals surface area contributed by atoms with E-state index in [2.05, 4.69) is 125 Å². The molecule has 1 fully saturated rings. The number of hydrogen-bond donors (Lipinski definition) is 2. The number of H-pyrrole nitrogens is 1. The summed E-state index contributed by atoms with van der Waals surface area (Å²) in [5, 5.41) is 13.8. The third-order valence-corrected chi connectivity index (χ3v) is 17.3. The molecule has 0 amide bonds. The molecule has 0 bridgehead atoms. The predicted molar refractivity (Wildman–Crippen MR) is 299 cm³/mol. The summed E-state index contributed by atoms with van der Waals surface area (Å²) in [5.41, 5.74) is 6.85. The summed E-state index contributed by atoms with van der Waals surface area (Å²) in [6.45, 7) is 17.0. The van der Waals surface area contributed by atoms with Crippen molar-refractivity contribution in [2.75, 3.05) is 46.7 Å². The van der Waals surface area contributed by atoms with Gasteiger partial charge >= 0.3 is 0 Å². The minimum atomic E-state index is -3.57. The van der Waals surface area contributed by atoms with E-state index >= 15 is 0 Å². The molecular weight excluding hydrogens is 1190 g/mol. The monoisotopic (exact) mass is 1260 g/mol. The van der Waals surface area contributed by atoms with Crippen LogP contribution >= 0.6 is 12.6 Å². The first-order valence-electron chi connectivity index (χ1n) is 23.0. The summed E-state index contributed by atoms with van der Waals surface area (Å²) in [7, 11) is 0.982. The topological polar surface area (TPSA) is 165 Å². The average Bonchev–Trinajstić information content (AvgIpc) is 4.13. The van der Waals surface area contributed by atoms with Gasteiger partial charge in [-0.15, -0.1) is 0 Å². The average molecular weight is 1260 g/mol. The Labute approximate surface area is 455 Å². The van der Waals surface area contributed by atoms with Gasteiger partial charge in [0, 0.05) is 165 Å². The van der Waals surface area contributed by atoms with Crippen LogP contribution in [0, 0.1) is 42.4 Å². The summed E-state index contributed by atoms with van der Waals surface area (Å²) in [6.07, 6.45) is 13.1. The second kappa shape index (κ2) is 25.7. The molecule has 8 aromatic rings. The summed E-state index contributed by atoms with van der Waals surface area (Å²) >= 11 is 3.53. The molecule has 15 nitrogen and oxygen atoms in total. The van der Waals surface area contributed by atoms with Gasteiger partial charge in [0.05, 0.1) is 29.4 Å². The number of aromatic amines is 1. The van der Waals surface area contributed by atoms with E-state index in [1.165, 1.54) is 34.1 Å². The zero-order chi connectivity index (χ0) is 50.1. The third kappa shape index (κ3) is 13.6. The molecule has 2 aromatic carbocycles. The number of ether oxygens (including phenoxy) is 2. The van der Waals surface area contributed by atoms with Gasteiger partial charge < -0.3 is 28.2 Å². The first kappa shape index (κ1) is 59.5. The molecule has 71 heavy (non-hydrogen) atoms. The number of rotatable bonds is 16. The number of nitriles is 1. The van der Waals surface area contributed by atoms with Gasteiger partial charge in [-0.3, -0.25) is 0 Å². The van der Waals surface area contributed by atoms with Crippen LogP contribution in [0.15, 0.2) is 98.1 Å². The van der Waals surface area contributed by atoms with Crippen molar-refractivity contribution in [3.8, 4) is 28.6 Å². The number of nitrogens with one attached hydrogen (secondary N) is 1. The molecule has 9 rings (SSSR count). The molecule has 1 saturated heterocycles. The van der Waals surface area contributed by atoms with Crippen molar-refractivity contribution in [2.24, 2.45) is 0 Å². The molecule has 0 saturated carbocycles. The molecule has 1 aliphatic rings. The molecule has 7 heterocycles. The van der Waals surface area contributed by atoms with Crippen LogP contribution in [0.3, 0.4) is 0 Å². The van der Waals surface area contributed by atoms with E-state index in [9.17, 15) is 13.7 Å². The van der Waals surface area contributed by atoms with Crippen LogP contribution in [-0.2, 0) is 38.7 Å². The normalized spacial score (nSPS) is 13.5. The molecule has 0 unspecified atom stereocenters. The zero-order valence-electron chi connectivity index (χ0n) is 42.1. The number of thiol groups is 1. The van der Waals surface area contributed by atoms with Crippen molar-refractivity contribution in [3.63, 3.8) is 0 Å². The Morgan fingerprint density at radius 2 is 1.27 bits per heavy atom. The maximum Gasteiger partial charge on any atom is 0.281 e. The zero-order valence-corrected chi connectivity index (χ0v) is 49.0. The van der Waals surface area contributed by atoms with Gasteiger partial charge in [-0.25, -0.2) is 19.9 Å². The van der Waals surface area contributed by atoms with Crippen LogP contribution in [0.4, 0.5) is 0 Å². The van der Waals surface area contributed by atoms with E-state index in [1.807, 2.05) is 65.8 Å². The van der Waals surface area contributed by atoms with Crippen LogP contribution in [0.1, 0.15) is 21.3 Å². The Kier molecular flexibility index (Phi) is 21.6. The second-order valence-electron chi connectivity index (χ2n) is 19.5. The smallest absolute Gasteiger partial charge is 0.281 e. The minimum absolute atomic E-state index is 0. The summed E-state index contributed by atoms with van der Waals surface area (Å²) in [4.78, 5) is 21.6. The Morgan fingerprint density at radius 3 is 1.77 bits per heavy atom. The first-order chi connectivity index (χ1) is 33.0. The van der Waals surface area contributed by atoms with E-state index in [4.69, 9.17) is 10.8 Å². The van der Waals surface area contributed by atoms with Crippen molar-refractivity contribution >= 4 is 91.2 Å². The molecular formula is C50H72BN11O4S2Si2U. The molecule has 0 spiro atoms. The molecule has 6 aromatic heterocycles. The fraction of sp³-hybridized carbons (Fsp3) is 0.420. The van der Waals surface area contributed by atoms with E-state index in [0.717, 1.165) is 80.3 Å². The molecule has 0 atom stereocenters. The van der Waals surface area contributed by atoms with Gasteiger partial charge in [-0.2, -0.15) is 34.9 Å². The van der Waals surface area contributed by atoms with Gasteiger partial charge in [0.1, 0.15) is 37.4 Å². The van der Waals surface area contributed by atoms with Crippen LogP contribution in [-0.4, -0.2) is 128 Å². The number of fused-ring (bicyclic) bond motifs is 4. The summed E-state index contributed by atoms with van der Waals surface area (Å²) < 4.78 is 51.4. The quantitative estimate of drug-likeness (QED) is 0.0544. The Balaban J connectivity index is 0.000000363.